The second kappa shape index (κ2) is 8.09. The van der Waals surface area contributed by atoms with E-state index >= 15 is 0 Å². The smallest absolute Gasteiger partial charge is 0.225 e. The molecule has 1 amide bonds. The summed E-state index contributed by atoms with van der Waals surface area (Å²) < 4.78 is 0. The predicted molar refractivity (Wildman–Crippen MR) is 125 cm³/mol. The third-order valence-corrected chi connectivity index (χ3v) is 7.23. The maximum absolute atomic E-state index is 13.8. The van der Waals surface area contributed by atoms with Crippen LogP contribution in [-0.2, 0) is 10.4 Å². The van der Waals surface area contributed by atoms with Gasteiger partial charge in [0.2, 0.25) is 5.91 Å². The van der Waals surface area contributed by atoms with Gasteiger partial charge < -0.3 is 10.4 Å². The molecule has 0 unspecified atom stereocenters. The Morgan fingerprint density at radius 1 is 0.848 bits per heavy atom. The Kier molecular flexibility index (Phi) is 5.22. The van der Waals surface area contributed by atoms with E-state index in [1.807, 2.05) is 36.4 Å². The Balaban J connectivity index is 1.62. The first kappa shape index (κ1) is 21.3. The Morgan fingerprint density at radius 3 is 2.21 bits per heavy atom. The van der Waals surface area contributed by atoms with E-state index in [9.17, 15) is 19.5 Å². The third kappa shape index (κ3) is 3.58. The zero-order chi connectivity index (χ0) is 23.1. The van der Waals surface area contributed by atoms with E-state index in [1.54, 1.807) is 48.5 Å². The number of nitrogens with one attached hydrogen (secondary N) is 1. The zero-order valence-electron chi connectivity index (χ0n) is 18.2. The summed E-state index contributed by atoms with van der Waals surface area (Å²) in [6.07, 6.45) is 0.621. The molecule has 2 aliphatic rings. The first-order valence-corrected chi connectivity index (χ1v) is 11.2. The van der Waals surface area contributed by atoms with Crippen LogP contribution in [0.25, 0.3) is 0 Å². The SMILES string of the molecule is O=C1C[C@@]2(CC[C@](O)(c3ccccc3)[C@@H](C(=O)c3ccccc3)C2)C(=O)c2ccccc2N1. The number of ketones is 2. The Hall–Kier alpha value is -3.57. The molecule has 3 aromatic rings. The lowest BCUT2D eigenvalue weighted by Crippen LogP contribution is -2.51. The summed E-state index contributed by atoms with van der Waals surface area (Å²) in [4.78, 5) is 40.4. The standard InChI is InChI=1S/C28H25NO4/c30-24-18-27(26(32)21-13-7-8-14-23(21)29-24)15-16-28(33,20-11-5-2-6-12-20)22(17-27)25(31)19-9-3-1-4-10-19/h1-14,22,33H,15-18H2,(H,29,30)/t22-,27+,28+/m1/s1. The molecule has 0 radical (unpaired) electrons. The molecule has 5 heteroatoms. The molecule has 3 atom stereocenters. The van der Waals surface area contributed by atoms with Crippen molar-refractivity contribution in [1.82, 2.24) is 0 Å². The molecule has 1 fully saturated rings. The Bertz CT molecular complexity index is 1220. The molecular formula is C28H25NO4. The van der Waals surface area contributed by atoms with E-state index in [1.165, 1.54) is 0 Å². The van der Waals surface area contributed by atoms with Crippen LogP contribution in [0.15, 0.2) is 84.9 Å². The van der Waals surface area contributed by atoms with Crippen molar-refractivity contribution in [1.29, 1.82) is 0 Å². The maximum Gasteiger partial charge on any atom is 0.225 e. The van der Waals surface area contributed by atoms with Crippen molar-refractivity contribution < 1.29 is 19.5 Å². The number of para-hydroxylation sites is 1. The van der Waals surface area contributed by atoms with Crippen molar-refractivity contribution in [2.75, 3.05) is 5.32 Å². The molecule has 2 N–H and O–H groups in total. The van der Waals surface area contributed by atoms with Gasteiger partial charge >= 0.3 is 0 Å². The molecule has 5 rings (SSSR count). The van der Waals surface area contributed by atoms with Crippen LogP contribution in [0.2, 0.25) is 0 Å². The summed E-state index contributed by atoms with van der Waals surface area (Å²) in [5, 5.41) is 14.8. The van der Waals surface area contributed by atoms with Gasteiger partial charge in [0.05, 0.1) is 17.2 Å². The maximum atomic E-state index is 13.8. The lowest BCUT2D eigenvalue weighted by Gasteiger charge is -2.47. The highest BCUT2D eigenvalue weighted by Gasteiger charge is 2.56. The summed E-state index contributed by atoms with van der Waals surface area (Å²) in [5.74, 6) is -1.47. The van der Waals surface area contributed by atoms with Crippen LogP contribution in [0.1, 0.15) is 52.0 Å². The second-order valence-electron chi connectivity index (χ2n) is 9.16. The lowest BCUT2D eigenvalue weighted by molar-refractivity contribution is -0.120. The van der Waals surface area contributed by atoms with Crippen molar-refractivity contribution in [2.45, 2.75) is 31.3 Å². The average molecular weight is 440 g/mol. The fourth-order valence-corrected chi connectivity index (χ4v) is 5.48. The number of amides is 1. The van der Waals surface area contributed by atoms with Crippen LogP contribution >= 0.6 is 0 Å². The molecule has 166 valence electrons. The summed E-state index contributed by atoms with van der Waals surface area (Å²) in [7, 11) is 0. The molecule has 3 aromatic carbocycles. The number of fused-ring (bicyclic) bond motifs is 1. The molecule has 1 heterocycles. The van der Waals surface area contributed by atoms with Gasteiger partial charge in [-0.3, -0.25) is 14.4 Å². The van der Waals surface area contributed by atoms with E-state index in [2.05, 4.69) is 5.32 Å². The number of hydrogen-bond acceptors (Lipinski definition) is 4. The molecule has 0 aromatic heterocycles. The number of rotatable bonds is 3. The highest BCUT2D eigenvalue weighted by molar-refractivity contribution is 6.12. The van der Waals surface area contributed by atoms with Crippen LogP contribution in [0, 0.1) is 11.3 Å². The summed E-state index contributed by atoms with van der Waals surface area (Å²) in [6.45, 7) is 0. The van der Waals surface area contributed by atoms with Crippen LogP contribution in [0.4, 0.5) is 5.69 Å². The van der Waals surface area contributed by atoms with Crippen molar-refractivity contribution in [3.63, 3.8) is 0 Å². The average Bonchev–Trinajstić information content (AvgIpc) is 2.95. The molecular weight excluding hydrogens is 414 g/mol. The third-order valence-electron chi connectivity index (χ3n) is 7.23. The highest BCUT2D eigenvalue weighted by Crippen LogP contribution is 2.54. The van der Waals surface area contributed by atoms with E-state index in [0.717, 1.165) is 0 Å². The van der Waals surface area contributed by atoms with Crippen LogP contribution in [0.3, 0.4) is 0 Å². The van der Waals surface area contributed by atoms with Gasteiger partial charge in [0.15, 0.2) is 11.6 Å². The summed E-state index contributed by atoms with van der Waals surface area (Å²) in [6, 6.07) is 25.0. The highest BCUT2D eigenvalue weighted by atomic mass is 16.3. The molecule has 0 saturated heterocycles. The number of carbonyl (C=O) groups is 3. The minimum Gasteiger partial charge on any atom is -0.384 e. The minimum absolute atomic E-state index is 0.00997. The van der Waals surface area contributed by atoms with E-state index in [0.29, 0.717) is 28.8 Å². The Labute approximate surface area is 192 Å². The molecule has 1 aliphatic carbocycles. The fraction of sp³-hybridized carbons (Fsp3) is 0.250. The largest absolute Gasteiger partial charge is 0.384 e. The quantitative estimate of drug-likeness (QED) is 0.576. The van der Waals surface area contributed by atoms with Crippen molar-refractivity contribution >= 4 is 23.2 Å². The van der Waals surface area contributed by atoms with Gasteiger partial charge in [-0.15, -0.1) is 0 Å². The van der Waals surface area contributed by atoms with Crippen LogP contribution in [0.5, 0.6) is 0 Å². The van der Waals surface area contributed by atoms with Gasteiger partial charge in [-0.2, -0.15) is 0 Å². The number of hydrogen-bond donors (Lipinski definition) is 2. The van der Waals surface area contributed by atoms with E-state index in [4.69, 9.17) is 0 Å². The fourth-order valence-electron chi connectivity index (χ4n) is 5.48. The Morgan fingerprint density at radius 2 is 1.48 bits per heavy atom. The summed E-state index contributed by atoms with van der Waals surface area (Å²) >= 11 is 0. The van der Waals surface area contributed by atoms with E-state index in [-0.39, 0.29) is 36.7 Å². The van der Waals surface area contributed by atoms with Crippen LogP contribution < -0.4 is 5.32 Å². The van der Waals surface area contributed by atoms with Gasteiger partial charge in [0, 0.05) is 23.0 Å². The van der Waals surface area contributed by atoms with Crippen molar-refractivity contribution in [3.8, 4) is 0 Å². The van der Waals surface area contributed by atoms with Crippen molar-refractivity contribution in [3.05, 3.63) is 102 Å². The summed E-state index contributed by atoms with van der Waals surface area (Å²) in [5.41, 5.74) is -0.382. The number of aliphatic hydroxyl groups is 1. The minimum atomic E-state index is -1.43. The number of Topliss-reactive ketones (excluding diaryl/α,β-unsaturated/α-hetero) is 2. The second-order valence-corrected chi connectivity index (χ2v) is 9.16. The molecule has 1 aliphatic heterocycles. The van der Waals surface area contributed by atoms with Gasteiger partial charge in [-0.1, -0.05) is 72.8 Å². The molecule has 33 heavy (non-hydrogen) atoms. The number of benzene rings is 3. The van der Waals surface area contributed by atoms with Crippen molar-refractivity contribution in [2.24, 2.45) is 11.3 Å². The topological polar surface area (TPSA) is 83.5 Å². The first-order valence-electron chi connectivity index (χ1n) is 11.2. The molecule has 1 saturated carbocycles. The molecule has 1 spiro atoms. The van der Waals surface area contributed by atoms with Gasteiger partial charge in [0.25, 0.3) is 0 Å². The normalized spacial score (nSPS) is 26.9. The zero-order valence-corrected chi connectivity index (χ0v) is 18.2. The van der Waals surface area contributed by atoms with Gasteiger partial charge in [0.1, 0.15) is 0 Å². The monoisotopic (exact) mass is 439 g/mol. The van der Waals surface area contributed by atoms with Crippen LogP contribution in [-0.4, -0.2) is 22.6 Å². The van der Waals surface area contributed by atoms with Gasteiger partial charge in [-0.25, -0.2) is 0 Å². The lowest BCUT2D eigenvalue weighted by atomic mass is 9.57. The first-order chi connectivity index (χ1) is 15.9. The molecule has 5 nitrogen and oxygen atoms in total. The molecule has 0 bridgehead atoms. The van der Waals surface area contributed by atoms with Gasteiger partial charge in [-0.05, 0) is 37.0 Å². The number of carbonyl (C=O) groups excluding carboxylic acids is 3. The van der Waals surface area contributed by atoms with E-state index < -0.39 is 16.9 Å². The predicted octanol–water partition coefficient (Wildman–Crippen LogP) is 4.77. The number of anilines is 1.